The average Bonchev–Trinajstić information content (AvgIpc) is 3.10. The second-order valence-corrected chi connectivity index (χ2v) is 7.43. The van der Waals surface area contributed by atoms with Crippen LogP contribution in [-0.4, -0.2) is 23.8 Å². The number of anilines is 1. The molecule has 3 aromatic rings. The van der Waals surface area contributed by atoms with E-state index in [1.165, 1.54) is 18.9 Å². The molecular formula is C18H14BrClN2O3S. The van der Waals surface area contributed by atoms with E-state index >= 15 is 0 Å². The summed E-state index contributed by atoms with van der Waals surface area (Å²) >= 11 is 10.7. The molecule has 0 aliphatic heterocycles. The van der Waals surface area contributed by atoms with Crippen molar-refractivity contribution in [3.8, 4) is 17.1 Å². The van der Waals surface area contributed by atoms with E-state index in [-0.39, 0.29) is 11.7 Å². The Morgan fingerprint density at radius 2 is 2.08 bits per heavy atom. The smallest absolute Gasteiger partial charge is 0.256 e. The maximum atomic E-state index is 12.1. The van der Waals surface area contributed by atoms with Gasteiger partial charge in [0.25, 0.3) is 5.22 Å². The molecule has 0 spiro atoms. The third kappa shape index (κ3) is 4.81. The fraction of sp³-hybridized carbons (Fsp3) is 0.111. The molecule has 1 heterocycles. The van der Waals surface area contributed by atoms with Gasteiger partial charge < -0.3 is 14.5 Å². The van der Waals surface area contributed by atoms with Crippen LogP contribution in [0.1, 0.15) is 0 Å². The van der Waals surface area contributed by atoms with E-state index < -0.39 is 0 Å². The number of ether oxygens (including phenoxy) is 1. The van der Waals surface area contributed by atoms with Crippen molar-refractivity contribution >= 4 is 50.9 Å². The van der Waals surface area contributed by atoms with Crippen LogP contribution in [0.3, 0.4) is 0 Å². The highest BCUT2D eigenvalue weighted by molar-refractivity contribution is 9.10. The van der Waals surface area contributed by atoms with E-state index in [9.17, 15) is 4.79 Å². The van der Waals surface area contributed by atoms with Gasteiger partial charge in [0, 0.05) is 15.7 Å². The first-order valence-electron chi connectivity index (χ1n) is 7.53. The van der Waals surface area contributed by atoms with Gasteiger partial charge in [-0.15, -0.1) is 0 Å². The molecule has 8 heteroatoms. The van der Waals surface area contributed by atoms with Crippen molar-refractivity contribution in [3.05, 3.63) is 58.2 Å². The van der Waals surface area contributed by atoms with Gasteiger partial charge in [-0.2, -0.15) is 0 Å². The molecular weight excluding hydrogens is 440 g/mol. The summed E-state index contributed by atoms with van der Waals surface area (Å²) in [5.74, 6) is 1.20. The van der Waals surface area contributed by atoms with Crippen molar-refractivity contribution in [1.82, 2.24) is 4.98 Å². The molecule has 0 saturated heterocycles. The summed E-state index contributed by atoms with van der Waals surface area (Å²) in [6.45, 7) is 0. The Morgan fingerprint density at radius 1 is 1.31 bits per heavy atom. The monoisotopic (exact) mass is 452 g/mol. The molecule has 5 nitrogen and oxygen atoms in total. The third-order valence-corrected chi connectivity index (χ3v) is 5.04. The zero-order chi connectivity index (χ0) is 18.5. The van der Waals surface area contributed by atoms with Crippen LogP contribution in [0, 0.1) is 0 Å². The number of methoxy groups -OCH3 is 1. The number of halogens is 2. The normalized spacial score (nSPS) is 10.6. The molecule has 0 fully saturated rings. The lowest BCUT2D eigenvalue weighted by Crippen LogP contribution is -2.13. The van der Waals surface area contributed by atoms with Crippen LogP contribution in [0.5, 0.6) is 5.75 Å². The highest BCUT2D eigenvalue weighted by Gasteiger charge is 2.11. The van der Waals surface area contributed by atoms with Gasteiger partial charge in [0.15, 0.2) is 5.76 Å². The summed E-state index contributed by atoms with van der Waals surface area (Å²) in [6, 6.07) is 12.8. The fourth-order valence-corrected chi connectivity index (χ4v) is 3.27. The summed E-state index contributed by atoms with van der Waals surface area (Å²) in [5, 5.41) is 3.65. The summed E-state index contributed by atoms with van der Waals surface area (Å²) < 4.78 is 11.8. The van der Waals surface area contributed by atoms with Crippen molar-refractivity contribution in [3.63, 3.8) is 0 Å². The van der Waals surface area contributed by atoms with E-state index in [1.807, 2.05) is 24.3 Å². The SMILES string of the molecule is COc1ccc(NC(=O)CSc2ncc(-c3ccc(Br)cc3)o2)cc1Cl. The van der Waals surface area contributed by atoms with Crippen molar-refractivity contribution in [2.24, 2.45) is 0 Å². The number of thioether (sulfide) groups is 1. The molecule has 0 aliphatic carbocycles. The largest absolute Gasteiger partial charge is 0.495 e. The van der Waals surface area contributed by atoms with Crippen molar-refractivity contribution in [2.45, 2.75) is 5.22 Å². The Morgan fingerprint density at radius 3 is 2.77 bits per heavy atom. The van der Waals surface area contributed by atoms with Gasteiger partial charge in [-0.1, -0.05) is 51.4 Å². The lowest BCUT2D eigenvalue weighted by Gasteiger charge is -2.07. The number of oxazole rings is 1. The molecule has 1 N–H and O–H groups in total. The van der Waals surface area contributed by atoms with E-state index in [1.54, 1.807) is 24.4 Å². The number of nitrogens with zero attached hydrogens (tertiary/aromatic N) is 1. The number of amides is 1. The van der Waals surface area contributed by atoms with Gasteiger partial charge in [0.2, 0.25) is 5.91 Å². The molecule has 0 saturated carbocycles. The highest BCUT2D eigenvalue weighted by atomic mass is 79.9. The van der Waals surface area contributed by atoms with Crippen molar-refractivity contribution in [1.29, 1.82) is 0 Å². The molecule has 0 atom stereocenters. The number of nitrogens with one attached hydrogen (secondary N) is 1. The maximum Gasteiger partial charge on any atom is 0.256 e. The van der Waals surface area contributed by atoms with E-state index in [4.69, 9.17) is 20.8 Å². The van der Waals surface area contributed by atoms with E-state index in [2.05, 4.69) is 26.2 Å². The van der Waals surface area contributed by atoms with Crippen molar-refractivity contribution < 1.29 is 13.9 Å². The number of rotatable bonds is 6. The third-order valence-electron chi connectivity index (χ3n) is 3.38. The van der Waals surface area contributed by atoms with Gasteiger partial charge in [-0.3, -0.25) is 4.79 Å². The molecule has 0 unspecified atom stereocenters. The van der Waals surface area contributed by atoms with Crippen LogP contribution in [0.25, 0.3) is 11.3 Å². The number of carbonyl (C=O) groups is 1. The summed E-state index contributed by atoms with van der Waals surface area (Å²) in [7, 11) is 1.54. The predicted molar refractivity (Wildman–Crippen MR) is 107 cm³/mol. The molecule has 134 valence electrons. The molecule has 0 aliphatic rings. The molecule has 0 radical (unpaired) electrons. The summed E-state index contributed by atoms with van der Waals surface area (Å²) in [5.41, 5.74) is 1.52. The first-order chi connectivity index (χ1) is 12.5. The van der Waals surface area contributed by atoms with Crippen LogP contribution in [0.15, 0.2) is 62.8 Å². The van der Waals surface area contributed by atoms with Crippen LogP contribution in [0.2, 0.25) is 5.02 Å². The molecule has 26 heavy (non-hydrogen) atoms. The molecule has 2 aromatic carbocycles. The zero-order valence-corrected chi connectivity index (χ0v) is 16.8. The molecule has 0 bridgehead atoms. The maximum absolute atomic E-state index is 12.1. The highest BCUT2D eigenvalue weighted by Crippen LogP contribution is 2.28. The number of benzene rings is 2. The molecule has 3 rings (SSSR count). The minimum Gasteiger partial charge on any atom is -0.495 e. The first-order valence-corrected chi connectivity index (χ1v) is 9.69. The Hall–Kier alpha value is -1.96. The average molecular weight is 454 g/mol. The standard InChI is InChI=1S/C18H14BrClN2O3S/c1-24-15-7-6-13(8-14(15)20)22-17(23)10-26-18-21-9-16(25-18)11-2-4-12(19)5-3-11/h2-9H,10H2,1H3,(H,22,23). The van der Waals surface area contributed by atoms with E-state index in [0.29, 0.717) is 27.4 Å². The van der Waals surface area contributed by atoms with E-state index in [0.717, 1.165) is 10.0 Å². The quantitative estimate of drug-likeness (QED) is 0.499. The van der Waals surface area contributed by atoms with Gasteiger partial charge >= 0.3 is 0 Å². The van der Waals surface area contributed by atoms with Gasteiger partial charge in [0.05, 0.1) is 24.1 Å². The second-order valence-electron chi connectivity index (χ2n) is 5.18. The first kappa shape index (κ1) is 18.8. The van der Waals surface area contributed by atoms with Crippen LogP contribution < -0.4 is 10.1 Å². The van der Waals surface area contributed by atoms with Crippen LogP contribution in [-0.2, 0) is 4.79 Å². The minimum atomic E-state index is -0.181. The Bertz CT molecular complexity index is 915. The Kier molecular flexibility index (Phi) is 6.24. The fourth-order valence-electron chi connectivity index (χ4n) is 2.14. The van der Waals surface area contributed by atoms with Gasteiger partial charge in [-0.25, -0.2) is 4.98 Å². The topological polar surface area (TPSA) is 64.4 Å². The number of hydrogen-bond acceptors (Lipinski definition) is 5. The summed E-state index contributed by atoms with van der Waals surface area (Å²) in [6.07, 6.45) is 1.65. The second kappa shape index (κ2) is 8.62. The molecule has 1 amide bonds. The lowest BCUT2D eigenvalue weighted by atomic mass is 10.2. The van der Waals surface area contributed by atoms with Crippen molar-refractivity contribution in [2.75, 3.05) is 18.2 Å². The predicted octanol–water partition coefficient (Wildman–Crippen LogP) is 5.50. The Labute approximate surface area is 168 Å². The summed E-state index contributed by atoms with van der Waals surface area (Å²) in [4.78, 5) is 16.3. The minimum absolute atomic E-state index is 0.171. The number of hydrogen-bond donors (Lipinski definition) is 1. The number of aromatic nitrogens is 1. The van der Waals surface area contributed by atoms with Gasteiger partial charge in [-0.05, 0) is 30.3 Å². The van der Waals surface area contributed by atoms with Crippen LogP contribution in [0.4, 0.5) is 5.69 Å². The lowest BCUT2D eigenvalue weighted by molar-refractivity contribution is -0.113. The van der Waals surface area contributed by atoms with Gasteiger partial charge in [0.1, 0.15) is 5.75 Å². The number of carbonyl (C=O) groups excluding carboxylic acids is 1. The zero-order valence-electron chi connectivity index (χ0n) is 13.7. The van der Waals surface area contributed by atoms with Crippen LogP contribution >= 0.6 is 39.3 Å². The molecule has 1 aromatic heterocycles. The Balaban J connectivity index is 1.56.